The number of hydrogen-bond acceptors (Lipinski definition) is 2. The molecule has 1 fully saturated rings. The lowest BCUT2D eigenvalue weighted by Gasteiger charge is -2.21. The Hall–Kier alpha value is -1.42. The normalized spacial score (nSPS) is 21.1. The van der Waals surface area contributed by atoms with Crippen LogP contribution in [-0.4, -0.2) is 30.4 Å². The highest BCUT2D eigenvalue weighted by molar-refractivity contribution is 5.83. The lowest BCUT2D eigenvalue weighted by Crippen LogP contribution is -2.33. The molecule has 1 aliphatic rings. The van der Waals surface area contributed by atoms with Crippen molar-refractivity contribution in [2.24, 2.45) is 11.7 Å². The Morgan fingerprint density at radius 3 is 2.89 bits per heavy atom. The van der Waals surface area contributed by atoms with Crippen molar-refractivity contribution in [2.75, 3.05) is 19.6 Å². The second-order valence-electron chi connectivity index (χ2n) is 4.92. The molecule has 0 radical (unpaired) electrons. The summed E-state index contributed by atoms with van der Waals surface area (Å²) in [6, 6.07) is 6.46. The zero-order chi connectivity index (χ0) is 13.1. The molecule has 0 saturated carbocycles. The van der Waals surface area contributed by atoms with Gasteiger partial charge in [-0.05, 0) is 37.4 Å². The fraction of sp³-hybridized carbons (Fsp3) is 0.500. The van der Waals surface area contributed by atoms with E-state index >= 15 is 0 Å². The Balaban J connectivity index is 2.08. The van der Waals surface area contributed by atoms with E-state index in [1.807, 2.05) is 0 Å². The number of carbonyl (C=O) groups excluding carboxylic acids is 1. The molecule has 0 aliphatic carbocycles. The van der Waals surface area contributed by atoms with Gasteiger partial charge in [0.15, 0.2) is 0 Å². The molecular weight excluding hydrogens is 231 g/mol. The van der Waals surface area contributed by atoms with Gasteiger partial charge in [0.1, 0.15) is 5.82 Å². The van der Waals surface area contributed by atoms with E-state index < -0.39 is 5.92 Å². The van der Waals surface area contributed by atoms with Crippen LogP contribution in [0.3, 0.4) is 0 Å². The predicted octanol–water partition coefficient (Wildman–Crippen LogP) is 1.74. The first kappa shape index (κ1) is 13.0. The van der Waals surface area contributed by atoms with Crippen molar-refractivity contribution in [2.45, 2.75) is 19.3 Å². The van der Waals surface area contributed by atoms with Gasteiger partial charge in [-0.3, -0.25) is 4.79 Å². The van der Waals surface area contributed by atoms with E-state index in [0.29, 0.717) is 24.6 Å². The van der Waals surface area contributed by atoms with Crippen molar-refractivity contribution in [1.29, 1.82) is 0 Å². The molecule has 98 valence electrons. The van der Waals surface area contributed by atoms with E-state index in [1.165, 1.54) is 6.07 Å². The lowest BCUT2D eigenvalue weighted by atomic mass is 9.99. The first-order valence-corrected chi connectivity index (χ1v) is 6.36. The van der Waals surface area contributed by atoms with Crippen molar-refractivity contribution in [3.63, 3.8) is 0 Å². The van der Waals surface area contributed by atoms with E-state index in [2.05, 4.69) is 0 Å². The third kappa shape index (κ3) is 2.53. The van der Waals surface area contributed by atoms with Crippen LogP contribution < -0.4 is 5.73 Å². The van der Waals surface area contributed by atoms with Gasteiger partial charge < -0.3 is 10.6 Å². The quantitative estimate of drug-likeness (QED) is 0.888. The van der Waals surface area contributed by atoms with Gasteiger partial charge in [-0.25, -0.2) is 4.39 Å². The molecule has 2 atom stereocenters. The number of likely N-dealkylation sites (tertiary alicyclic amines) is 1. The molecule has 2 rings (SSSR count). The van der Waals surface area contributed by atoms with Gasteiger partial charge in [-0.1, -0.05) is 18.2 Å². The summed E-state index contributed by atoms with van der Waals surface area (Å²) in [7, 11) is 0. The molecule has 3 nitrogen and oxygen atoms in total. The van der Waals surface area contributed by atoms with Gasteiger partial charge in [0.05, 0.1) is 5.92 Å². The molecule has 1 amide bonds. The topological polar surface area (TPSA) is 46.3 Å². The van der Waals surface area contributed by atoms with Crippen LogP contribution in [0.25, 0.3) is 0 Å². The molecular formula is C14H19FN2O. The average molecular weight is 250 g/mol. The van der Waals surface area contributed by atoms with Crippen molar-refractivity contribution in [3.05, 3.63) is 35.6 Å². The number of halogens is 1. The van der Waals surface area contributed by atoms with Crippen LogP contribution in [0.1, 0.15) is 24.8 Å². The highest BCUT2D eigenvalue weighted by Crippen LogP contribution is 2.24. The highest BCUT2D eigenvalue weighted by Gasteiger charge is 2.29. The molecule has 2 N–H and O–H groups in total. The molecule has 0 aromatic heterocycles. The van der Waals surface area contributed by atoms with Crippen LogP contribution in [0.15, 0.2) is 24.3 Å². The molecule has 0 unspecified atom stereocenters. The van der Waals surface area contributed by atoms with E-state index in [-0.39, 0.29) is 11.7 Å². The Kier molecular flexibility index (Phi) is 3.97. The minimum atomic E-state index is -0.428. The number of hydrogen-bond donors (Lipinski definition) is 1. The first-order valence-electron chi connectivity index (χ1n) is 6.36. The highest BCUT2D eigenvalue weighted by atomic mass is 19.1. The second-order valence-corrected chi connectivity index (χ2v) is 4.92. The summed E-state index contributed by atoms with van der Waals surface area (Å²) in [6.45, 7) is 3.81. The molecule has 1 aromatic rings. The number of benzene rings is 1. The van der Waals surface area contributed by atoms with Crippen molar-refractivity contribution >= 4 is 5.91 Å². The molecule has 1 aromatic carbocycles. The van der Waals surface area contributed by atoms with Gasteiger partial charge in [0, 0.05) is 13.1 Å². The molecule has 1 aliphatic heterocycles. The van der Waals surface area contributed by atoms with Gasteiger partial charge in [-0.2, -0.15) is 0 Å². The summed E-state index contributed by atoms with van der Waals surface area (Å²) in [4.78, 5) is 14.1. The number of rotatable bonds is 3. The average Bonchev–Trinajstić information content (AvgIpc) is 2.86. The molecule has 0 spiro atoms. The monoisotopic (exact) mass is 250 g/mol. The summed E-state index contributed by atoms with van der Waals surface area (Å²) in [6.07, 6.45) is 0.951. The van der Waals surface area contributed by atoms with E-state index in [4.69, 9.17) is 5.73 Å². The smallest absolute Gasteiger partial charge is 0.229 e. The van der Waals surface area contributed by atoms with Gasteiger partial charge >= 0.3 is 0 Å². The fourth-order valence-electron chi connectivity index (χ4n) is 2.46. The van der Waals surface area contributed by atoms with Gasteiger partial charge in [-0.15, -0.1) is 0 Å². The van der Waals surface area contributed by atoms with Crippen molar-refractivity contribution < 1.29 is 9.18 Å². The Labute approximate surface area is 107 Å². The summed E-state index contributed by atoms with van der Waals surface area (Å²) in [5.41, 5.74) is 6.08. The standard InChI is InChI=1S/C14H19FN2O/c1-10(12-4-2-3-5-13(12)15)14(18)17-7-6-11(8-16)9-17/h2-5,10-11H,6-9,16H2,1H3/t10-,11+/m1/s1. The van der Waals surface area contributed by atoms with Crippen LogP contribution in [-0.2, 0) is 4.79 Å². The molecule has 4 heteroatoms. The van der Waals surface area contributed by atoms with Crippen LogP contribution >= 0.6 is 0 Å². The van der Waals surface area contributed by atoms with E-state index in [9.17, 15) is 9.18 Å². The third-order valence-corrected chi connectivity index (χ3v) is 3.67. The number of carbonyl (C=O) groups is 1. The Morgan fingerprint density at radius 1 is 1.56 bits per heavy atom. The zero-order valence-electron chi connectivity index (χ0n) is 10.6. The van der Waals surface area contributed by atoms with E-state index in [1.54, 1.807) is 30.0 Å². The van der Waals surface area contributed by atoms with Gasteiger partial charge in [0.25, 0.3) is 0 Å². The SMILES string of the molecule is C[C@@H](C(=O)N1CC[C@@H](CN)C1)c1ccccc1F. The van der Waals surface area contributed by atoms with Crippen LogP contribution in [0.2, 0.25) is 0 Å². The van der Waals surface area contributed by atoms with Crippen molar-refractivity contribution in [1.82, 2.24) is 4.90 Å². The zero-order valence-corrected chi connectivity index (χ0v) is 10.6. The van der Waals surface area contributed by atoms with Crippen molar-refractivity contribution in [3.8, 4) is 0 Å². The Bertz CT molecular complexity index is 436. The molecule has 18 heavy (non-hydrogen) atoms. The van der Waals surface area contributed by atoms with E-state index in [0.717, 1.165) is 13.0 Å². The minimum Gasteiger partial charge on any atom is -0.342 e. The first-order chi connectivity index (χ1) is 8.63. The number of amides is 1. The number of nitrogens with two attached hydrogens (primary N) is 1. The molecule has 0 bridgehead atoms. The van der Waals surface area contributed by atoms with Crippen LogP contribution in [0.5, 0.6) is 0 Å². The van der Waals surface area contributed by atoms with Crippen LogP contribution in [0, 0.1) is 11.7 Å². The summed E-state index contributed by atoms with van der Waals surface area (Å²) < 4.78 is 13.6. The third-order valence-electron chi connectivity index (χ3n) is 3.67. The second kappa shape index (κ2) is 5.48. The fourth-order valence-corrected chi connectivity index (χ4v) is 2.46. The summed E-state index contributed by atoms with van der Waals surface area (Å²) in [5.74, 6) is -0.353. The minimum absolute atomic E-state index is 0.00366. The number of nitrogens with zero attached hydrogens (tertiary/aromatic N) is 1. The van der Waals surface area contributed by atoms with Gasteiger partial charge in [0.2, 0.25) is 5.91 Å². The predicted molar refractivity (Wildman–Crippen MR) is 68.6 cm³/mol. The summed E-state index contributed by atoms with van der Waals surface area (Å²) in [5, 5.41) is 0. The largest absolute Gasteiger partial charge is 0.342 e. The molecule has 1 saturated heterocycles. The summed E-state index contributed by atoms with van der Waals surface area (Å²) >= 11 is 0. The maximum atomic E-state index is 13.6. The maximum absolute atomic E-state index is 13.6. The van der Waals surface area contributed by atoms with Crippen LogP contribution in [0.4, 0.5) is 4.39 Å². The molecule has 1 heterocycles. The lowest BCUT2D eigenvalue weighted by molar-refractivity contribution is -0.131. The maximum Gasteiger partial charge on any atom is 0.229 e. The Morgan fingerprint density at radius 2 is 2.28 bits per heavy atom.